The fourth-order valence-electron chi connectivity index (χ4n) is 5.48. The molecule has 5 aromatic rings. The topological polar surface area (TPSA) is 131 Å². The molecule has 0 bridgehead atoms. The fraction of sp³-hybridized carbons (Fsp3) is 0.387. The van der Waals surface area contributed by atoms with Crippen molar-refractivity contribution in [3.8, 4) is 34.2 Å². The Morgan fingerprint density at radius 2 is 1.78 bits per heavy atom. The van der Waals surface area contributed by atoms with Crippen molar-refractivity contribution in [3.63, 3.8) is 0 Å². The summed E-state index contributed by atoms with van der Waals surface area (Å²) in [4.78, 5) is 18.1. The average Bonchev–Trinajstić information content (AvgIpc) is 3.83. The van der Waals surface area contributed by atoms with Gasteiger partial charge < -0.3 is 24.1 Å². The predicted octanol–water partition coefficient (Wildman–Crippen LogP) is 4.61. The van der Waals surface area contributed by atoms with Crippen LogP contribution in [-0.4, -0.2) is 91.7 Å². The number of hydrogen-bond acceptors (Lipinski definition) is 10. The van der Waals surface area contributed by atoms with Gasteiger partial charge in [0.2, 0.25) is 0 Å². The zero-order chi connectivity index (χ0) is 31.1. The van der Waals surface area contributed by atoms with Crippen LogP contribution in [0, 0.1) is 0 Å². The summed E-state index contributed by atoms with van der Waals surface area (Å²) in [5.74, 6) is 0.690. The van der Waals surface area contributed by atoms with Gasteiger partial charge in [0.25, 0.3) is 0 Å². The van der Waals surface area contributed by atoms with E-state index >= 15 is 0 Å². The van der Waals surface area contributed by atoms with Crippen LogP contribution in [0.15, 0.2) is 61.3 Å². The molecule has 12 nitrogen and oxygen atoms in total. The van der Waals surface area contributed by atoms with Crippen molar-refractivity contribution in [3.05, 3.63) is 66.3 Å². The average molecular weight is 648 g/mol. The largest absolute Gasteiger partial charge is 0.456 e. The normalized spacial score (nSPS) is 21.4. The molecule has 0 amide bonds. The lowest BCUT2D eigenvalue weighted by Gasteiger charge is -2.19. The first kappa shape index (κ1) is 30.0. The SMILES string of the molecule is C[Si](C)(C)CCOCn1c(O[C@@H]2CO[C@H]3[C@@H]2OC[C@H]3O)nc2nc(-c3ccc(-c4ccc(-n5cncn5)nc4)cc3)c(Cl)cc21. The molecule has 2 aliphatic heterocycles. The van der Waals surface area contributed by atoms with E-state index in [0.717, 1.165) is 22.7 Å². The van der Waals surface area contributed by atoms with Gasteiger partial charge in [0.1, 0.15) is 37.7 Å². The third-order valence-electron chi connectivity index (χ3n) is 8.01. The Balaban J connectivity index is 1.15. The van der Waals surface area contributed by atoms with E-state index in [0.29, 0.717) is 40.3 Å². The van der Waals surface area contributed by atoms with Crippen LogP contribution in [0.3, 0.4) is 0 Å². The molecular formula is C31H34ClN7O5Si. The first-order chi connectivity index (χ1) is 21.7. The molecule has 234 valence electrons. The number of ether oxygens (including phenoxy) is 4. The Bertz CT molecular complexity index is 1780. The van der Waals surface area contributed by atoms with Crippen molar-refractivity contribution in [2.24, 2.45) is 0 Å². The number of aromatic nitrogens is 7. The second-order valence-corrected chi connectivity index (χ2v) is 18.5. The number of aliphatic hydroxyl groups excluding tert-OH is 1. The van der Waals surface area contributed by atoms with Gasteiger partial charge in [0.05, 0.1) is 29.4 Å². The van der Waals surface area contributed by atoms with Crippen LogP contribution in [0.2, 0.25) is 30.7 Å². The number of halogens is 1. The molecule has 0 saturated carbocycles. The van der Waals surface area contributed by atoms with E-state index in [-0.39, 0.29) is 26.0 Å². The van der Waals surface area contributed by atoms with Crippen molar-refractivity contribution in [2.45, 2.75) is 56.8 Å². The molecule has 0 radical (unpaired) electrons. The standard InChI is InChI=1S/C31H34ClN7O5Si/c1-45(2,3)11-10-41-18-38-23-12-22(32)27(36-30(23)37-31(38)44-25-15-43-28-24(40)14-42-29(25)28)20-6-4-19(5-7-20)21-8-9-26(34-13-21)39-17-33-16-35-39/h4-9,12-13,16-17,24-25,28-29,40H,10-11,14-15,18H2,1-3H3/t24-,25-,28-,29-/m1/s1. The number of imidazole rings is 1. The van der Waals surface area contributed by atoms with Gasteiger partial charge in [-0.05, 0) is 29.8 Å². The Labute approximate surface area is 265 Å². The van der Waals surface area contributed by atoms with Crippen LogP contribution in [0.25, 0.3) is 39.4 Å². The van der Waals surface area contributed by atoms with E-state index in [1.54, 1.807) is 17.2 Å². The molecule has 2 fully saturated rings. The molecule has 1 aromatic carbocycles. The quantitative estimate of drug-likeness (QED) is 0.169. The minimum Gasteiger partial charge on any atom is -0.456 e. The molecule has 4 atom stereocenters. The molecular weight excluding hydrogens is 614 g/mol. The molecule has 0 aliphatic carbocycles. The molecule has 6 heterocycles. The van der Waals surface area contributed by atoms with Gasteiger partial charge in [-0.15, -0.1) is 0 Å². The number of pyridine rings is 2. The van der Waals surface area contributed by atoms with Crippen LogP contribution in [0.4, 0.5) is 0 Å². The van der Waals surface area contributed by atoms with Gasteiger partial charge in [0.15, 0.2) is 17.6 Å². The van der Waals surface area contributed by atoms with Gasteiger partial charge in [-0.25, -0.2) is 19.6 Å². The molecule has 0 unspecified atom stereocenters. The maximum Gasteiger partial charge on any atom is 0.301 e. The van der Waals surface area contributed by atoms with E-state index in [1.165, 1.54) is 6.33 Å². The summed E-state index contributed by atoms with van der Waals surface area (Å²) in [5, 5.41) is 14.8. The zero-order valence-electron chi connectivity index (χ0n) is 25.2. The van der Waals surface area contributed by atoms with E-state index in [9.17, 15) is 5.11 Å². The number of nitrogens with zero attached hydrogens (tertiary/aromatic N) is 7. The third-order valence-corrected chi connectivity index (χ3v) is 10.0. The van der Waals surface area contributed by atoms with Crippen LogP contribution < -0.4 is 4.74 Å². The first-order valence-electron chi connectivity index (χ1n) is 14.9. The number of fused-ring (bicyclic) bond motifs is 2. The Kier molecular flexibility index (Phi) is 8.14. The maximum atomic E-state index is 10.2. The molecule has 7 rings (SSSR count). The summed E-state index contributed by atoms with van der Waals surface area (Å²) in [7, 11) is -1.27. The fourth-order valence-corrected chi connectivity index (χ4v) is 6.49. The summed E-state index contributed by atoms with van der Waals surface area (Å²) >= 11 is 6.85. The molecule has 2 aliphatic rings. The highest BCUT2D eigenvalue weighted by Gasteiger charge is 2.49. The van der Waals surface area contributed by atoms with E-state index in [1.807, 2.05) is 47.0 Å². The molecule has 2 saturated heterocycles. The lowest BCUT2D eigenvalue weighted by molar-refractivity contribution is 0.00339. The summed E-state index contributed by atoms with van der Waals surface area (Å²) in [6.07, 6.45) is 3.01. The molecule has 4 aromatic heterocycles. The number of aliphatic hydroxyl groups is 1. The monoisotopic (exact) mass is 647 g/mol. The number of benzene rings is 1. The smallest absolute Gasteiger partial charge is 0.301 e. The molecule has 0 spiro atoms. The summed E-state index contributed by atoms with van der Waals surface area (Å²) in [6.45, 7) is 8.31. The molecule has 45 heavy (non-hydrogen) atoms. The maximum absolute atomic E-state index is 10.2. The third kappa shape index (κ3) is 6.24. The van der Waals surface area contributed by atoms with Crippen LogP contribution in [0.1, 0.15) is 0 Å². The molecule has 1 N–H and O–H groups in total. The molecule has 14 heteroatoms. The highest BCUT2D eigenvalue weighted by atomic mass is 35.5. The summed E-state index contributed by atoms with van der Waals surface area (Å²) in [6, 6.07) is 15.1. The van der Waals surface area contributed by atoms with Gasteiger partial charge in [0, 0.05) is 32.0 Å². The van der Waals surface area contributed by atoms with E-state index in [2.05, 4.69) is 34.7 Å². The van der Waals surface area contributed by atoms with Crippen LogP contribution in [0.5, 0.6) is 6.01 Å². The second kappa shape index (κ2) is 12.2. The van der Waals surface area contributed by atoms with Crippen molar-refractivity contribution in [1.82, 2.24) is 34.3 Å². The van der Waals surface area contributed by atoms with Crippen LogP contribution >= 0.6 is 11.6 Å². The Morgan fingerprint density at radius 3 is 2.51 bits per heavy atom. The predicted molar refractivity (Wildman–Crippen MR) is 170 cm³/mol. The summed E-state index contributed by atoms with van der Waals surface area (Å²) in [5.41, 5.74) is 4.61. The first-order valence-corrected chi connectivity index (χ1v) is 19.0. The van der Waals surface area contributed by atoms with Gasteiger partial charge in [-0.1, -0.05) is 55.5 Å². The minimum absolute atomic E-state index is 0.218. The lowest BCUT2D eigenvalue weighted by Crippen LogP contribution is -2.35. The van der Waals surface area contributed by atoms with Gasteiger partial charge in [-0.3, -0.25) is 4.57 Å². The lowest BCUT2D eigenvalue weighted by atomic mass is 10.0. The number of hydrogen-bond donors (Lipinski definition) is 1. The Morgan fingerprint density at radius 1 is 1.00 bits per heavy atom. The van der Waals surface area contributed by atoms with Gasteiger partial charge in [-0.2, -0.15) is 10.1 Å². The van der Waals surface area contributed by atoms with E-state index in [4.69, 9.17) is 40.5 Å². The highest BCUT2D eigenvalue weighted by molar-refractivity contribution is 6.76. The van der Waals surface area contributed by atoms with Crippen molar-refractivity contribution < 1.29 is 24.1 Å². The van der Waals surface area contributed by atoms with Crippen molar-refractivity contribution in [2.75, 3.05) is 19.8 Å². The van der Waals surface area contributed by atoms with Crippen molar-refractivity contribution in [1.29, 1.82) is 0 Å². The van der Waals surface area contributed by atoms with E-state index < -0.39 is 26.4 Å². The highest BCUT2D eigenvalue weighted by Crippen LogP contribution is 2.35. The van der Waals surface area contributed by atoms with Gasteiger partial charge >= 0.3 is 6.01 Å². The second-order valence-electron chi connectivity index (χ2n) is 12.5. The Hall–Kier alpha value is -3.72. The summed E-state index contributed by atoms with van der Waals surface area (Å²) < 4.78 is 27.5. The van der Waals surface area contributed by atoms with Crippen molar-refractivity contribution >= 4 is 30.8 Å². The van der Waals surface area contributed by atoms with Crippen LogP contribution in [-0.2, 0) is 20.9 Å². The zero-order valence-corrected chi connectivity index (χ0v) is 27.0. The minimum atomic E-state index is -1.27. The number of rotatable bonds is 10.